The zero-order valence-electron chi connectivity index (χ0n) is 18.3. The van der Waals surface area contributed by atoms with Gasteiger partial charge in [0.1, 0.15) is 5.69 Å². The van der Waals surface area contributed by atoms with Gasteiger partial charge in [-0.3, -0.25) is 4.90 Å². The van der Waals surface area contributed by atoms with E-state index < -0.39 is 46.5 Å². The monoisotopic (exact) mass is 563 g/mol. The van der Waals surface area contributed by atoms with Crippen LogP contribution in [0.2, 0.25) is 0 Å². The van der Waals surface area contributed by atoms with Crippen LogP contribution in [0.1, 0.15) is 24.4 Å². The van der Waals surface area contributed by atoms with Crippen molar-refractivity contribution >= 4 is 110 Å². The van der Waals surface area contributed by atoms with Crippen molar-refractivity contribution in [3.05, 3.63) is 60.2 Å². The number of β-lactam (4-membered cyclic amide) rings is 1. The van der Waals surface area contributed by atoms with Crippen LogP contribution in [0.3, 0.4) is 0 Å². The summed E-state index contributed by atoms with van der Waals surface area (Å²) in [6.45, 7) is -0.516. The molecule has 0 radical (unpaired) electrons. The molecule has 10 nitrogen and oxygen atoms in total. The first-order valence-corrected chi connectivity index (χ1v) is 13.0. The second kappa shape index (κ2) is 11.5. The topological polar surface area (TPSA) is 130 Å². The quantitative estimate of drug-likeness (QED) is 0.0969. The van der Waals surface area contributed by atoms with Crippen molar-refractivity contribution in [3.63, 3.8) is 0 Å². The number of benzene rings is 2. The first kappa shape index (κ1) is 30.4. The molecule has 3 saturated heterocycles. The summed E-state index contributed by atoms with van der Waals surface area (Å²) in [4.78, 5) is 32.2. The molecule has 4 atom stereocenters. The van der Waals surface area contributed by atoms with Crippen LogP contribution in [0.25, 0.3) is 0 Å². The van der Waals surface area contributed by atoms with Crippen LogP contribution in [0.15, 0.2) is 54.6 Å². The number of hydrogen-bond acceptors (Lipinski definition) is 8. The van der Waals surface area contributed by atoms with Gasteiger partial charge in [0.05, 0.1) is 28.2 Å². The third-order valence-corrected chi connectivity index (χ3v) is 7.99. The first-order valence-electron chi connectivity index (χ1n) is 11.0. The van der Waals surface area contributed by atoms with Gasteiger partial charge in [0.2, 0.25) is 23.9 Å². The summed E-state index contributed by atoms with van der Waals surface area (Å²) in [5.74, 6) is -1.51. The number of quaternary nitrogens is 1. The van der Waals surface area contributed by atoms with Crippen molar-refractivity contribution in [2.45, 2.75) is 31.0 Å². The van der Waals surface area contributed by atoms with E-state index in [0.29, 0.717) is 17.9 Å². The van der Waals surface area contributed by atoms with E-state index in [-0.39, 0.29) is 81.0 Å². The Balaban J connectivity index is 0.00000190. The third kappa shape index (κ3) is 5.21. The number of fused-ring (bicyclic) bond motifs is 2. The van der Waals surface area contributed by atoms with Crippen molar-refractivity contribution in [2.75, 3.05) is 12.3 Å². The number of hydroxylamine groups is 1. The summed E-state index contributed by atoms with van der Waals surface area (Å²) in [6.07, 6.45) is 2.16. The maximum atomic E-state index is 13.4. The number of carboxylic acids is 1. The van der Waals surface area contributed by atoms with Crippen LogP contribution in [0.4, 0.5) is 5.69 Å². The molecule has 0 spiro atoms. The Morgan fingerprint density at radius 1 is 1.14 bits per heavy atom. The van der Waals surface area contributed by atoms with E-state index in [0.717, 1.165) is 5.56 Å². The molecule has 37 heavy (non-hydrogen) atoms. The van der Waals surface area contributed by atoms with Crippen molar-refractivity contribution < 1.29 is 37.2 Å². The number of amides is 1. The molecule has 0 saturated carbocycles. The first-order chi connectivity index (χ1) is 16.6. The number of carbonyl (C=O) groups is 2. The third-order valence-electron chi connectivity index (χ3n) is 6.68. The molecule has 0 aliphatic carbocycles. The second-order valence-electron chi connectivity index (χ2n) is 8.67. The van der Waals surface area contributed by atoms with Gasteiger partial charge >= 0.3 is 65.0 Å². The van der Waals surface area contributed by atoms with E-state index in [1.165, 1.54) is 4.90 Å². The number of rotatable bonds is 8. The van der Waals surface area contributed by atoms with Gasteiger partial charge in [-0.15, -0.1) is 0 Å². The maximum absolute atomic E-state index is 13.4. The van der Waals surface area contributed by atoms with Gasteiger partial charge in [-0.1, -0.05) is 30.3 Å². The molecule has 3 fully saturated rings. The summed E-state index contributed by atoms with van der Waals surface area (Å²) in [5.41, 5.74) is 1.42. The SMILES string of the molecule is O=C([O-])CN1C(=S)[N+]2(c3ccccc3)C(=O)C1C2C=[N+]1Oc2ccccc2C1CCCS(=O)(=O)[O-].[NaH].[NaH]. The van der Waals surface area contributed by atoms with Gasteiger partial charge in [-0.25, -0.2) is 18.0 Å². The molecule has 4 heterocycles. The second-order valence-corrected chi connectivity index (χ2v) is 10.6. The van der Waals surface area contributed by atoms with Crippen LogP contribution in [-0.4, -0.2) is 129 Å². The molecule has 0 aromatic heterocycles. The van der Waals surface area contributed by atoms with Gasteiger partial charge in [0, 0.05) is 36.5 Å². The Morgan fingerprint density at radius 3 is 2.43 bits per heavy atom. The van der Waals surface area contributed by atoms with Gasteiger partial charge in [0.15, 0.2) is 0 Å². The van der Waals surface area contributed by atoms with Gasteiger partial charge in [-0.2, -0.15) is 4.48 Å². The van der Waals surface area contributed by atoms with E-state index in [2.05, 4.69) is 0 Å². The molecule has 2 aromatic rings. The predicted octanol–water partition coefficient (Wildman–Crippen LogP) is -1.22. The van der Waals surface area contributed by atoms with E-state index in [1.54, 1.807) is 53.4 Å². The molecule has 4 aliphatic rings. The summed E-state index contributed by atoms with van der Waals surface area (Å²) in [6, 6.07) is 14.4. The summed E-state index contributed by atoms with van der Waals surface area (Å²) >= 11 is 5.63. The molecular weight excluding hydrogens is 540 g/mol. The Labute approximate surface area is 263 Å². The Kier molecular flexibility index (Phi) is 9.44. The standard InChI is InChI=1S/C23H21N3O7S2.2Na.2H/c27-20(28)14-24-21-18(26(22(21)29,23(24)34)15-7-2-1-3-8-15)13-25-17(10-6-12-35(30,31)32)16-9-4-5-11-19(16)33-25;;;;/h1-5,7-9,11,13,17-18,21H,6,10,12,14H2;;;;. The number of hydrogen-bond donors (Lipinski definition) is 0. The summed E-state index contributed by atoms with van der Waals surface area (Å²) in [7, 11) is -4.37. The zero-order valence-corrected chi connectivity index (χ0v) is 20.0. The van der Waals surface area contributed by atoms with Crippen molar-refractivity contribution in [2.24, 2.45) is 0 Å². The number of aliphatic carboxylic acids is 1. The molecule has 186 valence electrons. The van der Waals surface area contributed by atoms with Crippen LogP contribution in [0.5, 0.6) is 5.75 Å². The van der Waals surface area contributed by atoms with Gasteiger partial charge in [-0.05, 0) is 23.3 Å². The molecule has 4 aliphatic heterocycles. The molecule has 14 heteroatoms. The zero-order chi connectivity index (χ0) is 25.0. The van der Waals surface area contributed by atoms with Crippen molar-refractivity contribution in [3.8, 4) is 5.75 Å². The fraction of sp³-hybridized carbons (Fsp3) is 0.304. The number of para-hydroxylation sites is 2. The summed E-state index contributed by atoms with van der Waals surface area (Å²) in [5, 5.41) is 11.6. The fourth-order valence-electron chi connectivity index (χ4n) is 5.23. The van der Waals surface area contributed by atoms with Gasteiger partial charge < -0.3 is 14.5 Å². The fourth-order valence-corrected chi connectivity index (χ4v) is 6.24. The van der Waals surface area contributed by atoms with Gasteiger partial charge in [0.25, 0.3) is 11.3 Å². The normalized spacial score (nSPS) is 26.6. The predicted molar refractivity (Wildman–Crippen MR) is 139 cm³/mol. The Hall–Kier alpha value is -1.19. The number of carboxylic acid groups (broad SMARTS) is 1. The van der Waals surface area contributed by atoms with Crippen molar-refractivity contribution in [1.29, 1.82) is 0 Å². The number of carbonyl (C=O) groups excluding carboxylic acids is 2. The molecule has 2 bridgehead atoms. The van der Waals surface area contributed by atoms with E-state index in [4.69, 9.17) is 17.1 Å². The van der Waals surface area contributed by atoms with E-state index in [9.17, 15) is 27.7 Å². The van der Waals surface area contributed by atoms with Crippen LogP contribution >= 0.6 is 12.2 Å². The molecule has 2 aromatic carbocycles. The molecular formula is C23H23N3Na2O7S2. The minimum atomic E-state index is -4.37. The van der Waals surface area contributed by atoms with Crippen molar-refractivity contribution in [1.82, 2.24) is 9.38 Å². The van der Waals surface area contributed by atoms with E-state index in [1.807, 2.05) is 12.1 Å². The van der Waals surface area contributed by atoms with Crippen LogP contribution < -0.4 is 14.4 Å². The van der Waals surface area contributed by atoms with Crippen LogP contribution in [-0.2, 0) is 19.7 Å². The Morgan fingerprint density at radius 2 is 1.78 bits per heavy atom. The number of nitrogens with zero attached hydrogens (tertiary/aromatic N) is 3. The van der Waals surface area contributed by atoms with Crippen LogP contribution in [0, 0.1) is 0 Å². The molecule has 4 unspecified atom stereocenters. The number of thiocarbonyl (C=S) groups is 1. The average molecular weight is 564 g/mol. The minimum absolute atomic E-state index is 0. The van der Waals surface area contributed by atoms with E-state index >= 15 is 0 Å². The average Bonchev–Trinajstić information content (AvgIpc) is 3.34. The molecule has 1 amide bonds. The Bertz CT molecular complexity index is 1370. The molecule has 6 rings (SSSR count). The molecule has 0 N–H and O–H groups in total. The summed E-state index contributed by atoms with van der Waals surface area (Å²) < 4.78 is 34.6.